The first kappa shape index (κ1) is 16.1. The summed E-state index contributed by atoms with van der Waals surface area (Å²) in [6.45, 7) is 2.72. The highest BCUT2D eigenvalue weighted by Gasteiger charge is 2.43. The zero-order valence-corrected chi connectivity index (χ0v) is 14.0. The molecule has 1 saturated heterocycles. The summed E-state index contributed by atoms with van der Waals surface area (Å²) >= 11 is 0. The fraction of sp³-hybridized carbons (Fsp3) is 0.350. The van der Waals surface area contributed by atoms with E-state index < -0.39 is 11.4 Å². The van der Waals surface area contributed by atoms with Gasteiger partial charge >= 0.3 is 0 Å². The van der Waals surface area contributed by atoms with Crippen LogP contribution in [-0.2, 0) is 6.54 Å². The summed E-state index contributed by atoms with van der Waals surface area (Å²) in [5.41, 5.74) is 1.57. The monoisotopic (exact) mass is 340 g/mol. The van der Waals surface area contributed by atoms with Crippen LogP contribution in [0.15, 0.2) is 53.7 Å². The Bertz CT molecular complexity index is 784. The molecule has 1 N–H and O–H groups in total. The average molecular weight is 340 g/mol. The summed E-state index contributed by atoms with van der Waals surface area (Å²) in [5.74, 6) is 0.0808. The highest BCUT2D eigenvalue weighted by Crippen LogP contribution is 2.40. The van der Waals surface area contributed by atoms with Crippen LogP contribution in [0.3, 0.4) is 0 Å². The molecule has 0 aromatic heterocycles. The Kier molecular flexibility index (Phi) is 4.17. The molecule has 1 spiro atoms. The van der Waals surface area contributed by atoms with Gasteiger partial charge in [0.2, 0.25) is 0 Å². The maximum atomic E-state index is 14.1. The molecule has 5 heteroatoms. The number of nitrogens with zero attached hydrogens (tertiary/aromatic N) is 2. The smallest absolute Gasteiger partial charge is 0.136 e. The molecule has 2 aliphatic heterocycles. The van der Waals surface area contributed by atoms with Crippen molar-refractivity contribution in [1.29, 1.82) is 0 Å². The standard InChI is InChI=1S/C20H21FN2O2/c21-16-7-4-8-18-19(16)17(22-24)13-20(25-18)9-11-23(12-10-20)14-15-5-2-1-3-6-15/h1-8,24H,9-14H2/b22-17-. The van der Waals surface area contributed by atoms with Gasteiger partial charge < -0.3 is 9.94 Å². The molecular formula is C20H21FN2O2. The molecule has 1 fully saturated rings. The Morgan fingerprint density at radius 2 is 1.84 bits per heavy atom. The van der Waals surface area contributed by atoms with Crippen LogP contribution in [0.1, 0.15) is 30.4 Å². The molecule has 2 heterocycles. The predicted molar refractivity (Wildman–Crippen MR) is 93.7 cm³/mol. The first-order valence-electron chi connectivity index (χ1n) is 8.64. The molecule has 0 amide bonds. The number of oxime groups is 1. The van der Waals surface area contributed by atoms with Crippen molar-refractivity contribution in [2.75, 3.05) is 13.1 Å². The highest BCUT2D eigenvalue weighted by molar-refractivity contribution is 6.04. The molecule has 0 bridgehead atoms. The van der Waals surface area contributed by atoms with E-state index in [0.29, 0.717) is 23.4 Å². The van der Waals surface area contributed by atoms with Crippen molar-refractivity contribution in [1.82, 2.24) is 4.90 Å². The van der Waals surface area contributed by atoms with Gasteiger partial charge in [0.05, 0.1) is 11.3 Å². The lowest BCUT2D eigenvalue weighted by Gasteiger charge is -2.44. The molecule has 0 radical (unpaired) electrons. The molecular weight excluding hydrogens is 319 g/mol. The van der Waals surface area contributed by atoms with Crippen molar-refractivity contribution in [3.8, 4) is 5.75 Å². The summed E-state index contributed by atoms with van der Waals surface area (Å²) < 4.78 is 20.3. The van der Waals surface area contributed by atoms with E-state index in [1.807, 2.05) is 6.07 Å². The minimum atomic E-state index is -0.407. The number of rotatable bonds is 2. The number of likely N-dealkylation sites (tertiary alicyclic amines) is 1. The van der Waals surface area contributed by atoms with Crippen LogP contribution in [0.2, 0.25) is 0 Å². The van der Waals surface area contributed by atoms with Gasteiger partial charge in [-0.2, -0.15) is 0 Å². The molecule has 130 valence electrons. The molecule has 2 aromatic rings. The summed E-state index contributed by atoms with van der Waals surface area (Å²) in [4.78, 5) is 2.40. The lowest BCUT2D eigenvalue weighted by molar-refractivity contribution is 0.0000569. The van der Waals surface area contributed by atoms with E-state index in [-0.39, 0.29) is 0 Å². The minimum absolute atomic E-state index is 0.294. The summed E-state index contributed by atoms with van der Waals surface area (Å²) in [6.07, 6.45) is 2.10. The van der Waals surface area contributed by atoms with E-state index in [4.69, 9.17) is 4.74 Å². The molecule has 2 aliphatic rings. The van der Waals surface area contributed by atoms with E-state index in [1.54, 1.807) is 12.1 Å². The van der Waals surface area contributed by atoms with E-state index in [2.05, 4.69) is 34.3 Å². The Morgan fingerprint density at radius 3 is 2.56 bits per heavy atom. The van der Waals surface area contributed by atoms with Gasteiger partial charge in [-0.3, -0.25) is 4.90 Å². The van der Waals surface area contributed by atoms with Crippen LogP contribution in [0.25, 0.3) is 0 Å². The summed E-state index contributed by atoms with van der Waals surface area (Å²) in [7, 11) is 0. The second-order valence-electron chi connectivity index (χ2n) is 6.88. The van der Waals surface area contributed by atoms with Crippen molar-refractivity contribution < 1.29 is 14.3 Å². The fourth-order valence-electron chi connectivity index (χ4n) is 3.86. The summed E-state index contributed by atoms with van der Waals surface area (Å²) in [6, 6.07) is 15.2. The maximum absolute atomic E-state index is 14.1. The third kappa shape index (κ3) is 3.12. The van der Waals surface area contributed by atoms with Crippen molar-refractivity contribution in [3.05, 3.63) is 65.5 Å². The lowest BCUT2D eigenvalue weighted by Crippen LogP contribution is -2.51. The molecule has 25 heavy (non-hydrogen) atoms. The minimum Gasteiger partial charge on any atom is -0.486 e. The van der Waals surface area contributed by atoms with Gasteiger partial charge in [-0.15, -0.1) is 0 Å². The molecule has 0 unspecified atom stereocenters. The third-order valence-electron chi connectivity index (χ3n) is 5.22. The van der Waals surface area contributed by atoms with Gasteiger partial charge in [-0.1, -0.05) is 41.6 Å². The van der Waals surface area contributed by atoms with Gasteiger partial charge in [0.15, 0.2) is 0 Å². The van der Waals surface area contributed by atoms with Crippen molar-refractivity contribution >= 4 is 5.71 Å². The molecule has 4 rings (SSSR count). The fourth-order valence-corrected chi connectivity index (χ4v) is 3.86. The van der Waals surface area contributed by atoms with Crippen LogP contribution in [0.4, 0.5) is 4.39 Å². The van der Waals surface area contributed by atoms with Crippen LogP contribution < -0.4 is 4.74 Å². The molecule has 0 atom stereocenters. The summed E-state index contributed by atoms with van der Waals surface area (Å²) in [5, 5.41) is 12.7. The SMILES string of the molecule is O/N=C1/CC2(CCN(Cc3ccccc3)CC2)Oc2cccc(F)c21. The Balaban J connectivity index is 1.50. The van der Waals surface area contributed by atoms with Crippen molar-refractivity contribution in [3.63, 3.8) is 0 Å². The van der Waals surface area contributed by atoms with Crippen molar-refractivity contribution in [2.24, 2.45) is 5.16 Å². The van der Waals surface area contributed by atoms with Gasteiger partial charge in [-0.25, -0.2) is 4.39 Å². The van der Waals surface area contributed by atoms with Gasteiger partial charge in [0, 0.05) is 38.9 Å². The Morgan fingerprint density at radius 1 is 1.08 bits per heavy atom. The lowest BCUT2D eigenvalue weighted by atomic mass is 9.82. The van der Waals surface area contributed by atoms with E-state index in [0.717, 1.165) is 32.5 Å². The quantitative estimate of drug-likeness (QED) is 0.668. The van der Waals surface area contributed by atoms with Gasteiger partial charge in [-0.05, 0) is 17.7 Å². The third-order valence-corrected chi connectivity index (χ3v) is 5.22. The van der Waals surface area contributed by atoms with E-state index >= 15 is 0 Å². The number of halogens is 1. The largest absolute Gasteiger partial charge is 0.486 e. The van der Waals surface area contributed by atoms with Crippen molar-refractivity contribution in [2.45, 2.75) is 31.4 Å². The number of benzene rings is 2. The average Bonchev–Trinajstić information content (AvgIpc) is 2.64. The normalized spacial score (nSPS) is 21.1. The van der Waals surface area contributed by atoms with Crippen LogP contribution in [-0.4, -0.2) is 34.5 Å². The Hall–Kier alpha value is -2.40. The molecule has 2 aromatic carbocycles. The molecule has 0 aliphatic carbocycles. The maximum Gasteiger partial charge on any atom is 0.136 e. The zero-order chi connectivity index (χ0) is 17.3. The predicted octanol–water partition coefficient (Wildman–Crippen LogP) is 3.82. The second-order valence-corrected chi connectivity index (χ2v) is 6.88. The van der Waals surface area contributed by atoms with Gasteiger partial charge in [0.1, 0.15) is 17.2 Å². The number of hydrogen-bond acceptors (Lipinski definition) is 4. The number of ether oxygens (including phenoxy) is 1. The van der Waals surface area contributed by atoms with E-state index in [1.165, 1.54) is 11.6 Å². The highest BCUT2D eigenvalue weighted by atomic mass is 19.1. The number of hydrogen-bond donors (Lipinski definition) is 1. The number of fused-ring (bicyclic) bond motifs is 1. The Labute approximate surface area is 146 Å². The number of piperidine rings is 1. The first-order chi connectivity index (χ1) is 12.2. The first-order valence-corrected chi connectivity index (χ1v) is 8.64. The topological polar surface area (TPSA) is 45.1 Å². The van der Waals surface area contributed by atoms with Crippen LogP contribution in [0.5, 0.6) is 5.75 Å². The second kappa shape index (κ2) is 6.48. The van der Waals surface area contributed by atoms with Crippen LogP contribution in [0, 0.1) is 5.82 Å². The van der Waals surface area contributed by atoms with E-state index in [9.17, 15) is 9.60 Å². The van der Waals surface area contributed by atoms with Gasteiger partial charge in [0.25, 0.3) is 0 Å². The molecule has 4 nitrogen and oxygen atoms in total. The van der Waals surface area contributed by atoms with Crippen LogP contribution >= 0.6 is 0 Å². The molecule has 0 saturated carbocycles. The zero-order valence-electron chi connectivity index (χ0n) is 14.0.